The first-order chi connectivity index (χ1) is 11.1. The van der Waals surface area contributed by atoms with E-state index in [0.29, 0.717) is 18.4 Å². The van der Waals surface area contributed by atoms with Crippen LogP contribution in [0, 0.1) is 13.8 Å². The zero-order valence-corrected chi connectivity index (χ0v) is 16.7. The van der Waals surface area contributed by atoms with E-state index in [2.05, 4.69) is 36.1 Å². The highest BCUT2D eigenvalue weighted by Gasteiger charge is 2.02. The molecule has 2 aromatic rings. The van der Waals surface area contributed by atoms with Gasteiger partial charge >= 0.3 is 0 Å². The second kappa shape index (κ2) is 10.1. The molecule has 0 saturated heterocycles. The predicted octanol–water partition coefficient (Wildman–Crippen LogP) is 3.92. The first-order valence-electron chi connectivity index (χ1n) is 7.82. The van der Waals surface area contributed by atoms with E-state index in [0.717, 1.165) is 24.3 Å². The molecule has 0 bridgehead atoms. The molecule has 2 rings (SSSR count). The second-order valence-electron chi connectivity index (χ2n) is 5.48. The van der Waals surface area contributed by atoms with Crippen molar-refractivity contribution in [2.75, 3.05) is 6.54 Å². The number of pyridine rings is 1. The van der Waals surface area contributed by atoms with Gasteiger partial charge in [0.1, 0.15) is 5.75 Å². The van der Waals surface area contributed by atoms with Crippen molar-refractivity contribution in [2.24, 2.45) is 10.7 Å². The molecule has 6 heteroatoms. The van der Waals surface area contributed by atoms with E-state index >= 15 is 0 Å². The number of aryl methyl sites for hydroxylation is 2. The number of benzene rings is 1. The Balaban J connectivity index is 0.00000288. The van der Waals surface area contributed by atoms with Gasteiger partial charge in [0.05, 0.1) is 6.54 Å². The van der Waals surface area contributed by atoms with Gasteiger partial charge in [0, 0.05) is 18.8 Å². The van der Waals surface area contributed by atoms with Crippen LogP contribution < -0.4 is 15.8 Å². The largest absolute Gasteiger partial charge is 0.439 e. The van der Waals surface area contributed by atoms with Crippen molar-refractivity contribution < 1.29 is 4.74 Å². The lowest BCUT2D eigenvalue weighted by molar-refractivity contribution is 0.461. The molecule has 0 aliphatic heterocycles. The summed E-state index contributed by atoms with van der Waals surface area (Å²) in [6.45, 7) is 7.54. The Hall–Kier alpha value is -1.83. The third-order valence-electron chi connectivity index (χ3n) is 3.49. The molecule has 0 radical (unpaired) electrons. The highest BCUT2D eigenvalue weighted by Crippen LogP contribution is 2.22. The number of hydrogen-bond acceptors (Lipinski definition) is 3. The van der Waals surface area contributed by atoms with E-state index in [1.165, 1.54) is 11.1 Å². The normalized spacial score (nSPS) is 10.9. The standard InChI is InChI=1S/C18H24N4O.HI/c1-4-8-21-18(19)22-12-15-7-9-20-17(11-15)23-16-6-5-13(2)14(3)10-16;/h5-7,9-11H,4,8,12H2,1-3H3,(H3,19,21,22);1H. The number of rotatable bonds is 6. The van der Waals surface area contributed by atoms with Crippen LogP contribution in [-0.2, 0) is 6.54 Å². The topological polar surface area (TPSA) is 72.5 Å². The predicted molar refractivity (Wildman–Crippen MR) is 109 cm³/mol. The average molecular weight is 440 g/mol. The van der Waals surface area contributed by atoms with Gasteiger partial charge in [0.25, 0.3) is 0 Å². The Morgan fingerprint density at radius 1 is 1.21 bits per heavy atom. The van der Waals surface area contributed by atoms with Gasteiger partial charge in [0.15, 0.2) is 5.96 Å². The van der Waals surface area contributed by atoms with Crippen LogP contribution in [0.2, 0.25) is 0 Å². The van der Waals surface area contributed by atoms with E-state index in [1.807, 2.05) is 30.3 Å². The highest BCUT2D eigenvalue weighted by atomic mass is 127. The van der Waals surface area contributed by atoms with Crippen molar-refractivity contribution in [1.29, 1.82) is 0 Å². The van der Waals surface area contributed by atoms with E-state index in [1.54, 1.807) is 6.20 Å². The molecule has 130 valence electrons. The second-order valence-corrected chi connectivity index (χ2v) is 5.48. The molecular formula is C18H25IN4O. The van der Waals surface area contributed by atoms with Crippen molar-refractivity contribution in [3.63, 3.8) is 0 Å². The first-order valence-corrected chi connectivity index (χ1v) is 7.82. The van der Waals surface area contributed by atoms with Crippen molar-refractivity contribution >= 4 is 29.9 Å². The summed E-state index contributed by atoms with van der Waals surface area (Å²) in [7, 11) is 0. The zero-order chi connectivity index (χ0) is 16.7. The molecule has 1 aromatic carbocycles. The van der Waals surface area contributed by atoms with Gasteiger partial charge in [-0.2, -0.15) is 0 Å². The molecule has 5 nitrogen and oxygen atoms in total. The van der Waals surface area contributed by atoms with Crippen LogP contribution >= 0.6 is 24.0 Å². The number of guanidine groups is 1. The fraction of sp³-hybridized carbons (Fsp3) is 0.333. The molecule has 0 saturated carbocycles. The number of aliphatic imine (C=N–C) groups is 1. The van der Waals surface area contributed by atoms with E-state index in [-0.39, 0.29) is 24.0 Å². The summed E-state index contributed by atoms with van der Waals surface area (Å²) in [5.41, 5.74) is 9.22. The van der Waals surface area contributed by atoms with E-state index < -0.39 is 0 Å². The summed E-state index contributed by atoms with van der Waals surface area (Å²) in [6, 6.07) is 9.78. The summed E-state index contributed by atoms with van der Waals surface area (Å²) < 4.78 is 5.82. The summed E-state index contributed by atoms with van der Waals surface area (Å²) in [4.78, 5) is 8.55. The molecule has 1 heterocycles. The SMILES string of the molecule is CCCNC(N)=NCc1ccnc(Oc2ccc(C)c(C)c2)c1.I. The number of nitrogens with one attached hydrogen (secondary N) is 1. The Bertz CT molecular complexity index is 688. The monoisotopic (exact) mass is 440 g/mol. The van der Waals surface area contributed by atoms with Crippen LogP contribution in [0.15, 0.2) is 41.5 Å². The molecule has 24 heavy (non-hydrogen) atoms. The zero-order valence-electron chi connectivity index (χ0n) is 14.4. The molecule has 0 fully saturated rings. The molecule has 0 amide bonds. The van der Waals surface area contributed by atoms with Crippen molar-refractivity contribution in [3.05, 3.63) is 53.2 Å². The fourth-order valence-electron chi connectivity index (χ4n) is 1.99. The van der Waals surface area contributed by atoms with Crippen LogP contribution in [0.3, 0.4) is 0 Å². The molecule has 0 aliphatic rings. The molecular weight excluding hydrogens is 415 g/mol. The average Bonchev–Trinajstić information content (AvgIpc) is 2.55. The highest BCUT2D eigenvalue weighted by molar-refractivity contribution is 14.0. The molecule has 0 aliphatic carbocycles. The Morgan fingerprint density at radius 3 is 2.71 bits per heavy atom. The Morgan fingerprint density at radius 2 is 2.00 bits per heavy atom. The maximum absolute atomic E-state index is 5.82. The molecule has 0 unspecified atom stereocenters. The number of ether oxygens (including phenoxy) is 1. The summed E-state index contributed by atoms with van der Waals surface area (Å²) in [5.74, 6) is 1.80. The summed E-state index contributed by atoms with van der Waals surface area (Å²) in [6.07, 6.45) is 2.73. The smallest absolute Gasteiger partial charge is 0.219 e. The van der Waals surface area contributed by atoms with Gasteiger partial charge in [-0.1, -0.05) is 13.0 Å². The van der Waals surface area contributed by atoms with Crippen molar-refractivity contribution in [3.8, 4) is 11.6 Å². The quantitative estimate of drug-likeness (QED) is 0.406. The van der Waals surface area contributed by atoms with Crippen molar-refractivity contribution in [1.82, 2.24) is 10.3 Å². The number of nitrogens with zero attached hydrogens (tertiary/aromatic N) is 2. The van der Waals surface area contributed by atoms with Gasteiger partial charge in [-0.15, -0.1) is 24.0 Å². The van der Waals surface area contributed by atoms with Crippen LogP contribution in [0.5, 0.6) is 11.6 Å². The molecule has 3 N–H and O–H groups in total. The lowest BCUT2D eigenvalue weighted by Gasteiger charge is -2.08. The first kappa shape index (κ1) is 20.2. The van der Waals surface area contributed by atoms with E-state index in [9.17, 15) is 0 Å². The summed E-state index contributed by atoms with van der Waals surface area (Å²) >= 11 is 0. The minimum absolute atomic E-state index is 0. The van der Waals surface area contributed by atoms with Crippen LogP contribution in [-0.4, -0.2) is 17.5 Å². The minimum atomic E-state index is 0. The van der Waals surface area contributed by atoms with Gasteiger partial charge < -0.3 is 15.8 Å². The number of hydrogen-bond donors (Lipinski definition) is 2. The molecule has 1 aromatic heterocycles. The lowest BCUT2D eigenvalue weighted by atomic mass is 10.1. The third-order valence-corrected chi connectivity index (χ3v) is 3.49. The Labute approximate surface area is 160 Å². The number of aromatic nitrogens is 1. The van der Waals surface area contributed by atoms with Crippen LogP contribution in [0.1, 0.15) is 30.0 Å². The van der Waals surface area contributed by atoms with Gasteiger partial charge in [-0.05, 0) is 55.2 Å². The number of halogens is 1. The number of nitrogens with two attached hydrogens (primary N) is 1. The third kappa shape index (κ3) is 6.35. The maximum atomic E-state index is 5.82. The van der Waals surface area contributed by atoms with Crippen LogP contribution in [0.25, 0.3) is 0 Å². The Kier molecular flexibility index (Phi) is 8.53. The van der Waals surface area contributed by atoms with E-state index in [4.69, 9.17) is 10.5 Å². The minimum Gasteiger partial charge on any atom is -0.439 e. The maximum Gasteiger partial charge on any atom is 0.219 e. The van der Waals surface area contributed by atoms with Gasteiger partial charge in [-0.3, -0.25) is 0 Å². The van der Waals surface area contributed by atoms with Crippen molar-refractivity contribution in [2.45, 2.75) is 33.7 Å². The van der Waals surface area contributed by atoms with Crippen LogP contribution in [0.4, 0.5) is 0 Å². The fourth-order valence-corrected chi connectivity index (χ4v) is 1.99. The molecule has 0 spiro atoms. The molecule has 0 atom stereocenters. The lowest BCUT2D eigenvalue weighted by Crippen LogP contribution is -2.32. The van der Waals surface area contributed by atoms with Gasteiger partial charge in [-0.25, -0.2) is 9.98 Å². The summed E-state index contributed by atoms with van der Waals surface area (Å²) in [5, 5.41) is 3.05. The van der Waals surface area contributed by atoms with Gasteiger partial charge in [0.2, 0.25) is 5.88 Å².